The van der Waals surface area contributed by atoms with E-state index in [2.05, 4.69) is 55.4 Å². The molecule has 17 nitrogen and oxygen atoms in total. The summed E-state index contributed by atoms with van der Waals surface area (Å²) < 4.78 is 68.3. The zero-order chi connectivity index (χ0) is 66.8. The third kappa shape index (κ3) is 63.5. The van der Waals surface area contributed by atoms with Crippen LogP contribution in [0, 0.1) is 23.7 Å². The van der Waals surface area contributed by atoms with Crippen molar-refractivity contribution in [2.45, 2.75) is 369 Å². The van der Waals surface area contributed by atoms with E-state index in [-0.39, 0.29) is 25.7 Å². The molecule has 4 unspecified atom stereocenters. The maximum atomic E-state index is 13.0. The smallest absolute Gasteiger partial charge is 0.462 e. The van der Waals surface area contributed by atoms with Crippen LogP contribution in [0.1, 0.15) is 351 Å². The molecule has 0 aliphatic heterocycles. The Morgan fingerprint density at radius 1 is 0.311 bits per heavy atom. The minimum absolute atomic E-state index is 0.102. The Labute approximate surface area is 549 Å². The van der Waals surface area contributed by atoms with Crippen LogP contribution in [0.4, 0.5) is 0 Å². The number of carbonyl (C=O) groups excluding carboxylic acids is 4. The van der Waals surface area contributed by atoms with Crippen molar-refractivity contribution in [2.24, 2.45) is 23.7 Å². The number of carbonyl (C=O) groups is 4. The first-order chi connectivity index (χ1) is 43.1. The topological polar surface area (TPSA) is 237 Å². The van der Waals surface area contributed by atoms with Gasteiger partial charge in [-0.25, -0.2) is 9.13 Å². The van der Waals surface area contributed by atoms with Crippen LogP contribution in [-0.2, 0) is 65.4 Å². The van der Waals surface area contributed by atoms with Gasteiger partial charge in [-0.15, -0.1) is 0 Å². The summed E-state index contributed by atoms with van der Waals surface area (Å²) in [5, 5.41) is 10.6. The highest BCUT2D eigenvalue weighted by atomic mass is 31.2. The van der Waals surface area contributed by atoms with E-state index in [0.717, 1.165) is 114 Å². The monoisotopic (exact) mass is 1320 g/mol. The summed E-state index contributed by atoms with van der Waals surface area (Å²) in [5.41, 5.74) is 0. The molecule has 0 saturated carbocycles. The first-order valence-electron chi connectivity index (χ1n) is 36.7. The molecule has 0 bridgehead atoms. The van der Waals surface area contributed by atoms with Crippen LogP contribution in [0.25, 0.3) is 0 Å². The molecule has 0 spiro atoms. The van der Waals surface area contributed by atoms with Crippen molar-refractivity contribution in [3.8, 4) is 0 Å². The molecule has 0 aliphatic carbocycles. The Morgan fingerprint density at radius 2 is 0.533 bits per heavy atom. The van der Waals surface area contributed by atoms with Crippen LogP contribution in [0.15, 0.2) is 0 Å². The minimum atomic E-state index is -4.95. The lowest BCUT2D eigenvalue weighted by Gasteiger charge is -2.21. The molecule has 0 rings (SSSR count). The molecule has 3 N–H and O–H groups in total. The summed E-state index contributed by atoms with van der Waals surface area (Å²) in [7, 11) is -9.90. The number of hydrogen-bond donors (Lipinski definition) is 3. The number of phosphoric ester groups is 2. The van der Waals surface area contributed by atoms with Gasteiger partial charge in [-0.2, -0.15) is 0 Å². The van der Waals surface area contributed by atoms with Crippen LogP contribution in [-0.4, -0.2) is 96.7 Å². The van der Waals surface area contributed by atoms with Gasteiger partial charge in [0.1, 0.15) is 19.3 Å². The lowest BCUT2D eigenvalue weighted by Crippen LogP contribution is -2.30. The molecule has 0 aromatic carbocycles. The van der Waals surface area contributed by atoms with E-state index in [9.17, 15) is 43.2 Å². The van der Waals surface area contributed by atoms with Crippen LogP contribution in [0.2, 0.25) is 0 Å². The van der Waals surface area contributed by atoms with Crippen LogP contribution < -0.4 is 0 Å². The van der Waals surface area contributed by atoms with Crippen LogP contribution in [0.5, 0.6) is 0 Å². The molecular weight excluding hydrogens is 1190 g/mol. The fourth-order valence-electron chi connectivity index (χ4n) is 10.6. The Bertz CT molecular complexity index is 1780. The number of hydrogen-bond acceptors (Lipinski definition) is 15. The van der Waals surface area contributed by atoms with Gasteiger partial charge in [0.15, 0.2) is 12.2 Å². The predicted octanol–water partition coefficient (Wildman–Crippen LogP) is 20.1. The largest absolute Gasteiger partial charge is 0.472 e. The highest BCUT2D eigenvalue weighted by Gasteiger charge is 2.30. The Hall–Kier alpha value is -1.94. The van der Waals surface area contributed by atoms with Crippen molar-refractivity contribution in [3.05, 3.63) is 0 Å². The normalized spacial score (nSPS) is 14.6. The molecule has 0 amide bonds. The lowest BCUT2D eigenvalue weighted by molar-refractivity contribution is -0.161. The van der Waals surface area contributed by atoms with Gasteiger partial charge in [0.2, 0.25) is 0 Å². The highest BCUT2D eigenvalue weighted by molar-refractivity contribution is 7.47. The van der Waals surface area contributed by atoms with Crippen molar-refractivity contribution < 1.29 is 80.2 Å². The van der Waals surface area contributed by atoms with Gasteiger partial charge in [-0.05, 0) is 49.4 Å². The molecule has 0 saturated heterocycles. The van der Waals surface area contributed by atoms with Gasteiger partial charge >= 0.3 is 39.5 Å². The van der Waals surface area contributed by atoms with E-state index in [0.29, 0.717) is 31.6 Å². The Morgan fingerprint density at radius 3 is 0.789 bits per heavy atom. The highest BCUT2D eigenvalue weighted by Crippen LogP contribution is 2.45. The fraction of sp³-hybridized carbons (Fsp3) is 0.944. The second-order valence-electron chi connectivity index (χ2n) is 27.3. The molecule has 90 heavy (non-hydrogen) atoms. The molecule has 534 valence electrons. The van der Waals surface area contributed by atoms with E-state index in [1.54, 1.807) is 0 Å². The third-order valence-electron chi connectivity index (χ3n) is 16.7. The minimum Gasteiger partial charge on any atom is -0.462 e. The summed E-state index contributed by atoms with van der Waals surface area (Å²) >= 11 is 0. The SMILES string of the molecule is CCC(C)CCCCCCCCC(=O)O[C@H](COC(=O)CCCCCCCCCCCCCCC(C)C)COP(=O)(O)OCC(O)COP(=O)(O)OC[C@@H](COC(=O)CCCCCCCCCC(C)C)OC(=O)CCCCCCCCCCCCCCC(C)C. The second kappa shape index (κ2) is 60.7. The van der Waals surface area contributed by atoms with Crippen molar-refractivity contribution in [3.63, 3.8) is 0 Å². The second-order valence-corrected chi connectivity index (χ2v) is 30.2. The number of rotatable bonds is 68. The average Bonchev–Trinajstić information content (AvgIpc) is 3.70. The number of ether oxygens (including phenoxy) is 4. The van der Waals surface area contributed by atoms with E-state index in [1.165, 1.54) is 148 Å². The van der Waals surface area contributed by atoms with E-state index in [4.69, 9.17) is 37.0 Å². The molecule has 0 heterocycles. The number of aliphatic hydroxyl groups is 1. The van der Waals surface area contributed by atoms with E-state index >= 15 is 0 Å². The van der Waals surface area contributed by atoms with Gasteiger partial charge in [0, 0.05) is 25.7 Å². The molecule has 0 aromatic heterocycles. The zero-order valence-electron chi connectivity index (χ0n) is 58.8. The summed E-state index contributed by atoms with van der Waals surface area (Å²) in [5.74, 6) is 0.853. The summed E-state index contributed by atoms with van der Waals surface area (Å²) in [6.07, 6.45) is 43.2. The number of unbranched alkanes of at least 4 members (excludes halogenated alkanes) is 33. The van der Waals surface area contributed by atoms with Gasteiger partial charge in [-0.3, -0.25) is 37.3 Å². The van der Waals surface area contributed by atoms with Crippen molar-refractivity contribution in [1.82, 2.24) is 0 Å². The average molecular weight is 1330 g/mol. The van der Waals surface area contributed by atoms with Gasteiger partial charge in [0.25, 0.3) is 0 Å². The van der Waals surface area contributed by atoms with Crippen molar-refractivity contribution in [2.75, 3.05) is 39.6 Å². The first kappa shape index (κ1) is 88.1. The predicted molar refractivity (Wildman–Crippen MR) is 363 cm³/mol. The molecule has 6 atom stereocenters. The van der Waals surface area contributed by atoms with Gasteiger partial charge in [0.05, 0.1) is 26.4 Å². The summed E-state index contributed by atoms with van der Waals surface area (Å²) in [6.45, 7) is 14.1. The standard InChI is InChI=1S/C71H138O17P2/c1-9-64(8)50-42-34-29-30-38-46-54-71(76)88-67(58-81-68(73)51-43-35-26-20-16-12-10-14-18-23-31-39-47-61(2)3)60-86-90(79,80)84-56-65(72)55-83-89(77,78)85-59-66(57-82-69(74)52-44-36-28-22-25-33-41-49-63(6)7)87-70(75)53-45-37-27-21-17-13-11-15-19-24-32-40-48-62(4)5/h61-67,72H,9-60H2,1-8H3,(H,77,78)(H,79,80)/t64?,65?,66-,67-/m1/s1. The molecule has 0 radical (unpaired) electrons. The lowest BCUT2D eigenvalue weighted by atomic mass is 10.00. The summed E-state index contributed by atoms with van der Waals surface area (Å²) in [4.78, 5) is 72.6. The molecule has 0 aromatic rings. The zero-order valence-corrected chi connectivity index (χ0v) is 60.6. The maximum absolute atomic E-state index is 13.0. The maximum Gasteiger partial charge on any atom is 0.472 e. The quantitative estimate of drug-likeness (QED) is 0.0222. The van der Waals surface area contributed by atoms with Gasteiger partial charge in [-0.1, -0.05) is 299 Å². The summed E-state index contributed by atoms with van der Waals surface area (Å²) in [6, 6.07) is 0. The Kier molecular flexibility index (Phi) is 59.4. The van der Waals surface area contributed by atoms with Crippen molar-refractivity contribution >= 4 is 39.5 Å². The first-order valence-corrected chi connectivity index (χ1v) is 39.7. The van der Waals surface area contributed by atoms with Crippen LogP contribution in [0.3, 0.4) is 0 Å². The third-order valence-corrected chi connectivity index (χ3v) is 18.6. The molecule has 0 aliphatic rings. The van der Waals surface area contributed by atoms with Gasteiger partial charge < -0.3 is 33.8 Å². The van der Waals surface area contributed by atoms with Crippen molar-refractivity contribution in [1.29, 1.82) is 0 Å². The molecule has 19 heteroatoms. The fourth-order valence-corrected chi connectivity index (χ4v) is 12.2. The number of phosphoric acid groups is 2. The van der Waals surface area contributed by atoms with E-state index < -0.39 is 97.5 Å². The Balaban J connectivity index is 5.23. The number of aliphatic hydroxyl groups excluding tert-OH is 1. The molecule has 0 fully saturated rings. The number of esters is 4. The van der Waals surface area contributed by atoms with E-state index in [1.807, 2.05) is 0 Å². The van der Waals surface area contributed by atoms with Crippen LogP contribution >= 0.6 is 15.6 Å². The molecular formula is C71H138O17P2.